The number of hydrogen-bond donors (Lipinski definition) is 0. The topological polar surface area (TPSA) is 51.6 Å². The summed E-state index contributed by atoms with van der Waals surface area (Å²) in [6.45, 7) is 0. The summed E-state index contributed by atoms with van der Waals surface area (Å²) in [5, 5.41) is 2.32. The number of hydrogen-bond acceptors (Lipinski definition) is 6. The van der Waals surface area contributed by atoms with E-state index in [1.54, 1.807) is 22.7 Å². The number of nitrogens with zero attached hydrogens (tertiary/aromatic N) is 4. The van der Waals surface area contributed by atoms with E-state index in [0.717, 1.165) is 98.7 Å². The minimum absolute atomic E-state index is 0.727. The second-order valence-electron chi connectivity index (χ2n) is 13.8. The van der Waals surface area contributed by atoms with Gasteiger partial charge in [0.05, 0.1) is 31.8 Å². The van der Waals surface area contributed by atoms with Gasteiger partial charge in [-0.25, -0.2) is 19.9 Å². The summed E-state index contributed by atoms with van der Waals surface area (Å²) < 4.78 is 4.64. The zero-order valence-corrected chi connectivity index (χ0v) is 31.6. The van der Waals surface area contributed by atoms with Crippen molar-refractivity contribution < 1.29 is 0 Å². The van der Waals surface area contributed by atoms with Crippen LogP contribution in [0.1, 0.15) is 0 Å². The average Bonchev–Trinajstić information content (AvgIpc) is 3.85. The van der Waals surface area contributed by atoms with Gasteiger partial charge < -0.3 is 0 Å². The Morgan fingerprint density at radius 3 is 1.25 bits per heavy atom. The zero-order chi connectivity index (χ0) is 37.0. The highest BCUT2D eigenvalue weighted by Crippen LogP contribution is 2.42. The van der Waals surface area contributed by atoms with Crippen molar-refractivity contribution in [1.82, 2.24) is 19.9 Å². The van der Waals surface area contributed by atoms with Crippen LogP contribution in [0, 0.1) is 0 Å². The minimum atomic E-state index is 0.727. The molecule has 262 valence electrons. The molecule has 4 aromatic heterocycles. The molecule has 0 N–H and O–H groups in total. The standard InChI is InChI=1S/C50H30N4S2/c1-3-13-32(14-4-1)43-47-45(39-21-7-9-23-41(39)55-47)54-50(51-43)34-27-25-31(26-28-34)35-17-11-18-36(29-35)37-19-12-20-38(30-37)44-48-46(40-22-8-10-24-42(40)56-48)53-49(52-44)33-15-5-2-6-16-33/h1-30H. The Hall–Kier alpha value is -6.86. The monoisotopic (exact) mass is 750 g/mol. The molecule has 0 aliphatic carbocycles. The number of rotatable bonds is 6. The van der Waals surface area contributed by atoms with Crippen molar-refractivity contribution in [3.05, 3.63) is 182 Å². The Morgan fingerprint density at radius 1 is 0.286 bits per heavy atom. The lowest BCUT2D eigenvalue weighted by atomic mass is 9.96. The largest absolute Gasteiger partial charge is 0.226 e. The van der Waals surface area contributed by atoms with Crippen LogP contribution in [0.25, 0.3) is 108 Å². The summed E-state index contributed by atoms with van der Waals surface area (Å²) in [5.74, 6) is 1.46. The fraction of sp³-hybridized carbons (Fsp3) is 0. The fourth-order valence-corrected chi connectivity index (χ4v) is 9.86. The first-order chi connectivity index (χ1) is 27.7. The molecule has 11 aromatic rings. The number of fused-ring (bicyclic) bond motifs is 6. The van der Waals surface area contributed by atoms with Crippen LogP contribution in [0.5, 0.6) is 0 Å². The van der Waals surface area contributed by atoms with E-state index in [0.29, 0.717) is 0 Å². The molecule has 0 amide bonds. The van der Waals surface area contributed by atoms with Crippen LogP contribution in [0.15, 0.2) is 182 Å². The Labute approximate surface area is 331 Å². The van der Waals surface area contributed by atoms with E-state index in [-0.39, 0.29) is 0 Å². The third kappa shape index (κ3) is 5.66. The third-order valence-electron chi connectivity index (χ3n) is 10.3. The molecule has 0 saturated heterocycles. The molecule has 7 aromatic carbocycles. The molecule has 56 heavy (non-hydrogen) atoms. The van der Waals surface area contributed by atoms with Crippen LogP contribution < -0.4 is 0 Å². The van der Waals surface area contributed by atoms with Gasteiger partial charge >= 0.3 is 0 Å². The van der Waals surface area contributed by atoms with Gasteiger partial charge in [0, 0.05) is 42.4 Å². The highest BCUT2D eigenvalue weighted by Gasteiger charge is 2.18. The molecule has 4 heterocycles. The van der Waals surface area contributed by atoms with Crippen LogP contribution >= 0.6 is 22.7 Å². The van der Waals surface area contributed by atoms with E-state index in [2.05, 4.69) is 158 Å². The molecule has 4 nitrogen and oxygen atoms in total. The molecule has 0 spiro atoms. The van der Waals surface area contributed by atoms with E-state index in [1.807, 2.05) is 24.3 Å². The average molecular weight is 751 g/mol. The van der Waals surface area contributed by atoms with Gasteiger partial charge in [-0.1, -0.05) is 158 Å². The maximum Gasteiger partial charge on any atom is 0.160 e. The summed E-state index contributed by atoms with van der Waals surface area (Å²) in [7, 11) is 0. The smallest absolute Gasteiger partial charge is 0.160 e. The predicted octanol–water partition coefficient (Wildman–Crippen LogP) is 14.0. The van der Waals surface area contributed by atoms with Crippen molar-refractivity contribution in [2.24, 2.45) is 0 Å². The van der Waals surface area contributed by atoms with E-state index in [1.165, 1.54) is 9.40 Å². The Balaban J connectivity index is 0.964. The van der Waals surface area contributed by atoms with Crippen LogP contribution in [0.2, 0.25) is 0 Å². The van der Waals surface area contributed by atoms with E-state index in [9.17, 15) is 0 Å². The quantitative estimate of drug-likeness (QED) is 0.170. The molecule has 11 rings (SSSR count). The molecule has 6 heteroatoms. The highest BCUT2D eigenvalue weighted by molar-refractivity contribution is 7.26. The number of thiophene rings is 2. The first-order valence-corrected chi connectivity index (χ1v) is 20.2. The number of benzene rings is 7. The van der Waals surface area contributed by atoms with Gasteiger partial charge in [-0.2, -0.15) is 0 Å². The molecule has 0 bridgehead atoms. The molecular weight excluding hydrogens is 721 g/mol. The molecule has 0 fully saturated rings. The van der Waals surface area contributed by atoms with Crippen LogP contribution in [-0.2, 0) is 0 Å². The first-order valence-electron chi connectivity index (χ1n) is 18.5. The summed E-state index contributed by atoms with van der Waals surface area (Å²) in [4.78, 5) is 20.6. The fourth-order valence-electron chi connectivity index (χ4n) is 7.55. The highest BCUT2D eigenvalue weighted by atomic mass is 32.1. The van der Waals surface area contributed by atoms with Gasteiger partial charge in [0.1, 0.15) is 0 Å². The lowest BCUT2D eigenvalue weighted by molar-refractivity contribution is 1.24. The van der Waals surface area contributed by atoms with Gasteiger partial charge in [-0.05, 0) is 46.5 Å². The Kier molecular flexibility index (Phi) is 7.83. The molecule has 0 aliphatic rings. The van der Waals surface area contributed by atoms with Crippen LogP contribution in [0.4, 0.5) is 0 Å². The van der Waals surface area contributed by atoms with Crippen molar-refractivity contribution in [2.45, 2.75) is 0 Å². The maximum absolute atomic E-state index is 5.21. The summed E-state index contributed by atoms with van der Waals surface area (Å²) >= 11 is 3.51. The molecule has 0 radical (unpaired) electrons. The van der Waals surface area contributed by atoms with E-state index >= 15 is 0 Å². The first kappa shape index (κ1) is 32.6. The molecule has 0 saturated carbocycles. The van der Waals surface area contributed by atoms with Gasteiger partial charge in [0.15, 0.2) is 11.6 Å². The van der Waals surface area contributed by atoms with Crippen molar-refractivity contribution in [3.8, 4) is 67.5 Å². The summed E-state index contributed by atoms with van der Waals surface area (Å²) in [6.07, 6.45) is 0. The number of aromatic nitrogens is 4. The zero-order valence-electron chi connectivity index (χ0n) is 29.9. The molecule has 0 unspecified atom stereocenters. The molecular formula is C50H30N4S2. The van der Waals surface area contributed by atoms with Crippen LogP contribution in [0.3, 0.4) is 0 Å². The lowest BCUT2D eigenvalue weighted by Crippen LogP contribution is -1.94. The molecule has 0 atom stereocenters. The summed E-state index contributed by atoms with van der Waals surface area (Å²) in [6, 6.07) is 63.8. The van der Waals surface area contributed by atoms with Gasteiger partial charge in [-0.3, -0.25) is 0 Å². The van der Waals surface area contributed by atoms with Gasteiger partial charge in [0.2, 0.25) is 0 Å². The van der Waals surface area contributed by atoms with Crippen molar-refractivity contribution >= 4 is 63.3 Å². The van der Waals surface area contributed by atoms with E-state index in [4.69, 9.17) is 19.9 Å². The normalized spacial score (nSPS) is 11.6. The van der Waals surface area contributed by atoms with Crippen LogP contribution in [-0.4, -0.2) is 19.9 Å². The predicted molar refractivity (Wildman–Crippen MR) is 236 cm³/mol. The van der Waals surface area contributed by atoms with E-state index < -0.39 is 0 Å². The lowest BCUT2D eigenvalue weighted by Gasteiger charge is -2.11. The van der Waals surface area contributed by atoms with Crippen molar-refractivity contribution in [2.75, 3.05) is 0 Å². The Bertz CT molecular complexity index is 3240. The second-order valence-corrected chi connectivity index (χ2v) is 15.9. The second kappa shape index (κ2) is 13.5. The SMILES string of the molecule is c1ccc(-c2nc(-c3cccc(-c4cccc(-c5ccc(-c6nc(-c7ccccc7)c7sc8ccccc8c7n6)cc5)c4)c3)c3sc4ccccc4c3n2)cc1. The van der Waals surface area contributed by atoms with Gasteiger partial charge in [-0.15, -0.1) is 22.7 Å². The maximum atomic E-state index is 5.21. The molecule has 0 aliphatic heterocycles. The third-order valence-corrected chi connectivity index (χ3v) is 12.7. The van der Waals surface area contributed by atoms with Gasteiger partial charge in [0.25, 0.3) is 0 Å². The summed E-state index contributed by atoms with van der Waals surface area (Å²) in [5.41, 5.74) is 12.6. The minimum Gasteiger partial charge on any atom is -0.226 e. The van der Waals surface area contributed by atoms with Crippen molar-refractivity contribution in [1.29, 1.82) is 0 Å². The Morgan fingerprint density at radius 2 is 0.679 bits per heavy atom. The van der Waals surface area contributed by atoms with Crippen molar-refractivity contribution in [3.63, 3.8) is 0 Å².